The van der Waals surface area contributed by atoms with E-state index >= 15 is 0 Å². The van der Waals surface area contributed by atoms with Crippen LogP contribution in [0.1, 0.15) is 20.3 Å². The highest BCUT2D eigenvalue weighted by molar-refractivity contribution is 6.31. The Kier molecular flexibility index (Phi) is 7.78. The van der Waals surface area contributed by atoms with Crippen molar-refractivity contribution in [2.24, 2.45) is 0 Å². The van der Waals surface area contributed by atoms with Crippen molar-refractivity contribution in [2.45, 2.75) is 20.3 Å². The van der Waals surface area contributed by atoms with Crippen LogP contribution in [0.15, 0.2) is 45.2 Å². The van der Waals surface area contributed by atoms with Crippen molar-refractivity contribution < 1.29 is 8.83 Å². The molecule has 0 unspecified atom stereocenters. The molecule has 0 amide bonds. The fourth-order valence-electron chi connectivity index (χ4n) is 1.95. The van der Waals surface area contributed by atoms with Gasteiger partial charge in [0.1, 0.15) is 11.0 Å². The molecule has 0 N–H and O–H groups in total. The van der Waals surface area contributed by atoms with Gasteiger partial charge in [-0.05, 0) is 35.9 Å². The van der Waals surface area contributed by atoms with Gasteiger partial charge in [-0.2, -0.15) is 9.97 Å². The molecular formula is C19H20Cl3N3O2. The molecule has 2 heterocycles. The Balaban J connectivity index is 0.000000171. The number of aromatic nitrogens is 2. The lowest BCUT2D eigenvalue weighted by Gasteiger charge is -2.03. The van der Waals surface area contributed by atoms with Gasteiger partial charge in [0.05, 0.1) is 0 Å². The second-order valence-electron chi connectivity index (χ2n) is 5.79. The third-order valence-corrected chi connectivity index (χ3v) is 3.68. The number of fused-ring (bicyclic) bond motifs is 2. The van der Waals surface area contributed by atoms with Gasteiger partial charge in [-0.15, -0.1) is 0 Å². The lowest BCUT2D eigenvalue weighted by molar-refractivity contribution is 0.597. The van der Waals surface area contributed by atoms with Crippen LogP contribution in [0.4, 0.5) is 6.01 Å². The molecule has 0 atom stereocenters. The van der Waals surface area contributed by atoms with Crippen molar-refractivity contribution >= 4 is 63.0 Å². The van der Waals surface area contributed by atoms with E-state index in [9.17, 15) is 0 Å². The molecule has 0 aliphatic heterocycles. The Morgan fingerprint density at radius 1 is 0.815 bits per heavy atom. The summed E-state index contributed by atoms with van der Waals surface area (Å²) in [6, 6.07) is 11.2. The first kappa shape index (κ1) is 21.4. The molecule has 8 heteroatoms. The van der Waals surface area contributed by atoms with E-state index < -0.39 is 0 Å². The van der Waals surface area contributed by atoms with Crippen LogP contribution in [0.5, 0.6) is 0 Å². The van der Waals surface area contributed by atoms with Crippen LogP contribution in [-0.4, -0.2) is 24.1 Å². The van der Waals surface area contributed by atoms with Crippen molar-refractivity contribution in [1.82, 2.24) is 9.97 Å². The SMILES string of the molecule is CCC.CN(C)c1nc2ccc(Cl)cc2o1.Clc1ccc2nc(Cl)oc2c1. The molecule has 0 aliphatic rings. The van der Waals surface area contributed by atoms with E-state index in [1.165, 1.54) is 6.42 Å². The normalized spacial score (nSPS) is 10.2. The number of hydrogen-bond acceptors (Lipinski definition) is 5. The molecule has 0 bridgehead atoms. The van der Waals surface area contributed by atoms with E-state index in [0.717, 1.165) is 16.6 Å². The van der Waals surface area contributed by atoms with Gasteiger partial charge in [0.25, 0.3) is 11.4 Å². The summed E-state index contributed by atoms with van der Waals surface area (Å²) in [5.74, 6) is 0. The van der Waals surface area contributed by atoms with Crippen molar-refractivity contribution in [2.75, 3.05) is 19.0 Å². The molecule has 5 nitrogen and oxygen atoms in total. The first-order valence-electron chi connectivity index (χ1n) is 8.29. The highest BCUT2D eigenvalue weighted by atomic mass is 35.5. The number of benzene rings is 2. The van der Waals surface area contributed by atoms with Gasteiger partial charge in [-0.1, -0.05) is 43.5 Å². The van der Waals surface area contributed by atoms with Gasteiger partial charge >= 0.3 is 0 Å². The molecule has 0 fully saturated rings. The first-order chi connectivity index (χ1) is 12.8. The minimum absolute atomic E-state index is 0.141. The standard InChI is InChI=1S/C9H9ClN2O.C7H3Cl2NO.C3H8/c1-12(2)9-11-7-4-3-6(10)5-8(7)13-9;8-4-1-2-5-6(3-4)11-7(9)10-5;1-3-2/h3-5H,1-2H3;1-3H;3H2,1-2H3. The topological polar surface area (TPSA) is 55.3 Å². The zero-order valence-electron chi connectivity index (χ0n) is 15.5. The number of hydrogen-bond donors (Lipinski definition) is 0. The van der Waals surface area contributed by atoms with Crippen molar-refractivity contribution in [1.29, 1.82) is 0 Å². The molecule has 2 aromatic heterocycles. The van der Waals surface area contributed by atoms with E-state index in [-0.39, 0.29) is 5.35 Å². The molecule has 0 saturated carbocycles. The molecule has 0 spiro atoms. The minimum Gasteiger partial charge on any atom is -0.428 e. The molecule has 4 aromatic rings. The first-order valence-corrected chi connectivity index (χ1v) is 9.42. The molecule has 144 valence electrons. The zero-order chi connectivity index (χ0) is 20.0. The average molecular weight is 429 g/mol. The Hall–Kier alpha value is -1.95. The molecule has 0 radical (unpaired) electrons. The van der Waals surface area contributed by atoms with Gasteiger partial charge < -0.3 is 13.7 Å². The number of rotatable bonds is 1. The zero-order valence-corrected chi connectivity index (χ0v) is 17.7. The average Bonchev–Trinajstić information content (AvgIpc) is 3.17. The Morgan fingerprint density at radius 3 is 1.81 bits per heavy atom. The monoisotopic (exact) mass is 427 g/mol. The highest BCUT2D eigenvalue weighted by Gasteiger charge is 2.06. The summed E-state index contributed by atoms with van der Waals surface area (Å²) in [7, 11) is 3.76. The van der Waals surface area contributed by atoms with Gasteiger partial charge in [-0.3, -0.25) is 0 Å². The Bertz CT molecular complexity index is 1010. The fraction of sp³-hybridized carbons (Fsp3) is 0.263. The van der Waals surface area contributed by atoms with E-state index in [1.54, 1.807) is 30.3 Å². The number of anilines is 1. The van der Waals surface area contributed by atoms with Crippen LogP contribution in [0.2, 0.25) is 15.4 Å². The summed E-state index contributed by atoms with van der Waals surface area (Å²) >= 11 is 17.0. The van der Waals surface area contributed by atoms with Gasteiger partial charge in [0.15, 0.2) is 11.2 Å². The molecule has 0 aliphatic carbocycles. The molecular weight excluding hydrogens is 409 g/mol. The summed E-state index contributed by atoms with van der Waals surface area (Å²) in [5.41, 5.74) is 2.88. The molecule has 2 aromatic carbocycles. The Morgan fingerprint density at radius 2 is 1.30 bits per heavy atom. The summed E-state index contributed by atoms with van der Waals surface area (Å²) in [6.07, 6.45) is 1.25. The van der Waals surface area contributed by atoms with E-state index in [4.69, 9.17) is 43.6 Å². The number of halogens is 3. The van der Waals surface area contributed by atoms with E-state index in [1.807, 2.05) is 25.1 Å². The van der Waals surface area contributed by atoms with Gasteiger partial charge in [0, 0.05) is 36.3 Å². The summed E-state index contributed by atoms with van der Waals surface area (Å²) in [5, 5.41) is 1.42. The van der Waals surface area contributed by atoms with Crippen LogP contribution in [0.3, 0.4) is 0 Å². The van der Waals surface area contributed by atoms with Crippen LogP contribution in [0.25, 0.3) is 22.2 Å². The van der Waals surface area contributed by atoms with Crippen LogP contribution >= 0.6 is 34.8 Å². The second-order valence-corrected chi connectivity index (χ2v) is 6.99. The molecule has 4 rings (SSSR count). The third-order valence-electron chi connectivity index (χ3n) is 3.05. The van der Waals surface area contributed by atoms with Crippen LogP contribution in [-0.2, 0) is 0 Å². The molecule has 0 saturated heterocycles. The quantitative estimate of drug-likeness (QED) is 0.323. The largest absolute Gasteiger partial charge is 0.428 e. The lowest BCUT2D eigenvalue weighted by Crippen LogP contribution is -2.08. The molecule has 27 heavy (non-hydrogen) atoms. The van der Waals surface area contributed by atoms with Gasteiger partial charge in [-0.25, -0.2) is 0 Å². The van der Waals surface area contributed by atoms with Crippen LogP contribution < -0.4 is 4.90 Å². The highest BCUT2D eigenvalue weighted by Crippen LogP contribution is 2.23. The lowest BCUT2D eigenvalue weighted by atomic mass is 10.3. The maximum absolute atomic E-state index is 5.81. The third kappa shape index (κ3) is 6.03. The van der Waals surface area contributed by atoms with Crippen molar-refractivity contribution in [3.05, 3.63) is 51.8 Å². The number of oxazole rings is 2. The predicted octanol–water partition coefficient (Wildman–Crippen LogP) is 7.10. The summed E-state index contributed by atoms with van der Waals surface area (Å²) < 4.78 is 10.5. The van der Waals surface area contributed by atoms with E-state index in [0.29, 0.717) is 21.6 Å². The minimum atomic E-state index is 0.141. The second kappa shape index (κ2) is 9.83. The fourth-order valence-corrected chi connectivity index (χ4v) is 2.45. The smallest absolute Gasteiger partial charge is 0.297 e. The van der Waals surface area contributed by atoms with Crippen molar-refractivity contribution in [3.63, 3.8) is 0 Å². The summed E-state index contributed by atoms with van der Waals surface area (Å²) in [4.78, 5) is 9.96. The van der Waals surface area contributed by atoms with Crippen LogP contribution in [0, 0.1) is 0 Å². The van der Waals surface area contributed by atoms with Crippen molar-refractivity contribution in [3.8, 4) is 0 Å². The van der Waals surface area contributed by atoms with E-state index in [2.05, 4.69) is 23.8 Å². The maximum atomic E-state index is 5.81. The summed E-state index contributed by atoms with van der Waals surface area (Å²) in [6.45, 7) is 4.25. The van der Waals surface area contributed by atoms with Gasteiger partial charge in [0.2, 0.25) is 0 Å². The maximum Gasteiger partial charge on any atom is 0.297 e. The number of nitrogens with zero attached hydrogens (tertiary/aromatic N) is 3. The predicted molar refractivity (Wildman–Crippen MR) is 113 cm³/mol. The Labute approximate surface area is 172 Å².